The van der Waals surface area contributed by atoms with Crippen molar-refractivity contribution in [1.82, 2.24) is 14.9 Å². The Labute approximate surface area is 102 Å². The van der Waals surface area contributed by atoms with Crippen molar-refractivity contribution in [2.75, 3.05) is 13.1 Å². The molecule has 0 saturated carbocycles. The third-order valence-corrected chi connectivity index (χ3v) is 2.95. The van der Waals surface area contributed by atoms with Crippen molar-refractivity contribution in [3.8, 4) is 0 Å². The molecule has 1 atom stereocenters. The van der Waals surface area contributed by atoms with Gasteiger partial charge in [-0.1, -0.05) is 12.1 Å². The molecule has 4 heteroatoms. The fraction of sp³-hybridized carbons (Fsp3) is 0.462. The molecule has 0 bridgehead atoms. The Bertz CT molecular complexity index is 463. The predicted molar refractivity (Wildman–Crippen MR) is 70.9 cm³/mol. The normalized spacial score (nSPS) is 13.1. The van der Waals surface area contributed by atoms with Crippen molar-refractivity contribution in [2.45, 2.75) is 25.9 Å². The van der Waals surface area contributed by atoms with Gasteiger partial charge in [0.15, 0.2) is 0 Å². The third-order valence-electron chi connectivity index (χ3n) is 2.95. The molecule has 1 unspecified atom stereocenters. The Morgan fingerprint density at radius 1 is 1.41 bits per heavy atom. The highest BCUT2D eigenvalue weighted by Crippen LogP contribution is 2.11. The molecular weight excluding hydrogens is 212 g/mol. The molecule has 0 amide bonds. The van der Waals surface area contributed by atoms with E-state index in [9.17, 15) is 0 Å². The topological polar surface area (TPSA) is 55.9 Å². The molecule has 2 aromatic rings. The van der Waals surface area contributed by atoms with Crippen molar-refractivity contribution < 1.29 is 0 Å². The summed E-state index contributed by atoms with van der Waals surface area (Å²) in [4.78, 5) is 4.37. The van der Waals surface area contributed by atoms with Gasteiger partial charge >= 0.3 is 0 Å². The van der Waals surface area contributed by atoms with Crippen LogP contribution in [0, 0.1) is 0 Å². The van der Waals surface area contributed by atoms with Gasteiger partial charge in [0, 0.05) is 19.1 Å². The lowest BCUT2D eigenvalue weighted by Gasteiger charge is -2.11. The fourth-order valence-corrected chi connectivity index (χ4v) is 1.87. The summed E-state index contributed by atoms with van der Waals surface area (Å²) in [5.41, 5.74) is 7.82. The first-order chi connectivity index (χ1) is 8.31. The maximum absolute atomic E-state index is 5.55. The highest BCUT2D eigenvalue weighted by molar-refractivity contribution is 5.74. The summed E-state index contributed by atoms with van der Waals surface area (Å²) in [6, 6.07) is 8.62. The van der Waals surface area contributed by atoms with Crippen LogP contribution in [0.15, 0.2) is 30.6 Å². The van der Waals surface area contributed by atoms with Crippen molar-refractivity contribution in [1.29, 1.82) is 0 Å². The second-order valence-corrected chi connectivity index (χ2v) is 4.37. The van der Waals surface area contributed by atoms with Gasteiger partial charge in [-0.15, -0.1) is 0 Å². The maximum Gasteiger partial charge on any atom is 0.0958 e. The summed E-state index contributed by atoms with van der Waals surface area (Å²) in [5, 5.41) is 3.38. The molecule has 1 aromatic carbocycles. The first kappa shape index (κ1) is 12.1. The summed E-state index contributed by atoms with van der Waals surface area (Å²) >= 11 is 0. The van der Waals surface area contributed by atoms with Crippen LogP contribution in [0.5, 0.6) is 0 Å². The number of para-hydroxylation sites is 2. The Hall–Kier alpha value is -1.39. The maximum atomic E-state index is 5.55. The van der Waals surface area contributed by atoms with Gasteiger partial charge in [-0.05, 0) is 32.0 Å². The first-order valence-corrected chi connectivity index (χ1v) is 6.14. The average molecular weight is 232 g/mol. The molecule has 0 aliphatic carbocycles. The van der Waals surface area contributed by atoms with Crippen LogP contribution < -0.4 is 11.1 Å². The molecule has 17 heavy (non-hydrogen) atoms. The third kappa shape index (κ3) is 3.05. The van der Waals surface area contributed by atoms with Crippen molar-refractivity contribution in [3.63, 3.8) is 0 Å². The van der Waals surface area contributed by atoms with Crippen LogP contribution in [0.4, 0.5) is 0 Å². The van der Waals surface area contributed by atoms with Crippen LogP contribution in [0.25, 0.3) is 11.0 Å². The minimum Gasteiger partial charge on any atom is -0.331 e. The Morgan fingerprint density at radius 2 is 2.24 bits per heavy atom. The zero-order chi connectivity index (χ0) is 12.1. The Kier molecular flexibility index (Phi) is 4.12. The molecule has 0 aliphatic heterocycles. The Balaban J connectivity index is 1.87. The van der Waals surface area contributed by atoms with E-state index in [4.69, 9.17) is 5.73 Å². The van der Waals surface area contributed by atoms with Crippen LogP contribution in [0.2, 0.25) is 0 Å². The number of hydrogen-bond acceptors (Lipinski definition) is 3. The van der Waals surface area contributed by atoms with E-state index in [2.05, 4.69) is 33.9 Å². The molecule has 0 fully saturated rings. The predicted octanol–water partition coefficient (Wildman–Crippen LogP) is 1.36. The number of benzene rings is 1. The number of aromatic nitrogens is 2. The monoisotopic (exact) mass is 232 g/mol. The number of nitrogens with zero attached hydrogens (tertiary/aromatic N) is 2. The van der Waals surface area contributed by atoms with Gasteiger partial charge in [0.1, 0.15) is 0 Å². The number of nitrogens with two attached hydrogens (primary N) is 1. The highest BCUT2D eigenvalue weighted by Gasteiger charge is 2.01. The molecule has 0 saturated heterocycles. The largest absolute Gasteiger partial charge is 0.331 e. The molecule has 3 N–H and O–H groups in total. The fourth-order valence-electron chi connectivity index (χ4n) is 1.87. The zero-order valence-corrected chi connectivity index (χ0v) is 10.3. The van der Waals surface area contributed by atoms with Gasteiger partial charge in [-0.2, -0.15) is 0 Å². The van der Waals surface area contributed by atoms with E-state index in [1.54, 1.807) is 0 Å². The molecule has 0 radical (unpaired) electrons. The van der Waals surface area contributed by atoms with Crippen LogP contribution in [0.3, 0.4) is 0 Å². The van der Waals surface area contributed by atoms with E-state index in [-0.39, 0.29) is 0 Å². The van der Waals surface area contributed by atoms with Crippen LogP contribution in [-0.2, 0) is 6.54 Å². The summed E-state index contributed by atoms with van der Waals surface area (Å²) < 4.78 is 2.20. The van der Waals surface area contributed by atoms with E-state index in [1.165, 1.54) is 5.52 Å². The lowest BCUT2D eigenvalue weighted by Crippen LogP contribution is -2.34. The van der Waals surface area contributed by atoms with Crippen LogP contribution in [0.1, 0.15) is 13.3 Å². The van der Waals surface area contributed by atoms with Gasteiger partial charge in [-0.3, -0.25) is 0 Å². The molecule has 2 rings (SSSR count). The van der Waals surface area contributed by atoms with Gasteiger partial charge < -0.3 is 15.6 Å². The van der Waals surface area contributed by atoms with E-state index < -0.39 is 0 Å². The second-order valence-electron chi connectivity index (χ2n) is 4.37. The van der Waals surface area contributed by atoms with Crippen molar-refractivity contribution >= 4 is 11.0 Å². The lowest BCUT2D eigenvalue weighted by atomic mass is 10.3. The number of imidazole rings is 1. The van der Waals surface area contributed by atoms with Gasteiger partial charge in [0.25, 0.3) is 0 Å². The van der Waals surface area contributed by atoms with Gasteiger partial charge in [0.2, 0.25) is 0 Å². The summed E-state index contributed by atoms with van der Waals surface area (Å²) in [6.45, 7) is 4.77. The number of rotatable bonds is 6. The standard InChI is InChI=1S/C13H20N4/c1-11(9-14)15-7-4-8-17-10-16-12-5-2-3-6-13(12)17/h2-3,5-6,10-11,15H,4,7-9,14H2,1H3. The molecule has 1 heterocycles. The first-order valence-electron chi connectivity index (χ1n) is 6.14. The molecule has 4 nitrogen and oxygen atoms in total. The molecule has 1 aromatic heterocycles. The molecule has 0 aliphatic rings. The molecule has 0 spiro atoms. The number of aryl methyl sites for hydroxylation is 1. The number of fused-ring (bicyclic) bond motifs is 1. The van der Waals surface area contributed by atoms with Gasteiger partial charge in [0.05, 0.1) is 17.4 Å². The molecule has 92 valence electrons. The second kappa shape index (κ2) is 5.80. The van der Waals surface area contributed by atoms with E-state index in [1.807, 2.05) is 18.5 Å². The van der Waals surface area contributed by atoms with E-state index in [0.717, 1.165) is 25.0 Å². The Morgan fingerprint density at radius 3 is 3.06 bits per heavy atom. The zero-order valence-electron chi connectivity index (χ0n) is 10.3. The minimum absolute atomic E-state index is 0.398. The summed E-state index contributed by atoms with van der Waals surface area (Å²) in [6.07, 6.45) is 3.00. The van der Waals surface area contributed by atoms with Gasteiger partial charge in [-0.25, -0.2) is 4.98 Å². The molecular formula is C13H20N4. The minimum atomic E-state index is 0.398. The quantitative estimate of drug-likeness (QED) is 0.739. The number of nitrogens with one attached hydrogen (secondary N) is 1. The van der Waals surface area contributed by atoms with Crippen molar-refractivity contribution in [3.05, 3.63) is 30.6 Å². The average Bonchev–Trinajstić information content (AvgIpc) is 2.78. The SMILES string of the molecule is CC(CN)NCCCn1cnc2ccccc21. The summed E-state index contributed by atoms with van der Waals surface area (Å²) in [7, 11) is 0. The van der Waals surface area contributed by atoms with E-state index >= 15 is 0 Å². The lowest BCUT2D eigenvalue weighted by molar-refractivity contribution is 0.520. The van der Waals surface area contributed by atoms with Crippen LogP contribution >= 0.6 is 0 Å². The van der Waals surface area contributed by atoms with E-state index in [0.29, 0.717) is 12.6 Å². The summed E-state index contributed by atoms with van der Waals surface area (Å²) in [5.74, 6) is 0. The van der Waals surface area contributed by atoms with Crippen molar-refractivity contribution in [2.24, 2.45) is 5.73 Å². The number of hydrogen-bond donors (Lipinski definition) is 2. The highest BCUT2D eigenvalue weighted by atomic mass is 15.0. The smallest absolute Gasteiger partial charge is 0.0958 e. The van der Waals surface area contributed by atoms with Crippen LogP contribution in [-0.4, -0.2) is 28.7 Å².